The van der Waals surface area contributed by atoms with E-state index in [-0.39, 0.29) is 36.0 Å². The maximum absolute atomic E-state index is 11.1. The fraction of sp³-hybridized carbons (Fsp3) is 0.333. The van der Waals surface area contributed by atoms with E-state index in [0.29, 0.717) is 28.7 Å². The number of hydrogen-bond donors (Lipinski definition) is 5. The zero-order valence-electron chi connectivity index (χ0n) is 13.5. The molecule has 0 saturated carbocycles. The smallest absolute Gasteiger partial charge is 0.219 e. The van der Waals surface area contributed by atoms with Crippen LogP contribution in [0.5, 0.6) is 28.7 Å². The van der Waals surface area contributed by atoms with Gasteiger partial charge in [-0.15, -0.1) is 0 Å². The third-order valence-electron chi connectivity index (χ3n) is 5.06. The Hall–Kier alpha value is -2.64. The number of aliphatic hydroxyl groups excluding tert-OH is 1. The molecule has 0 aromatic heterocycles. The van der Waals surface area contributed by atoms with Crippen LogP contribution in [0.15, 0.2) is 18.2 Å². The Morgan fingerprint density at radius 1 is 1.20 bits per heavy atom. The standard InChI is InChI=1S/C18H18O7/c1-24-17-13-9(4-10(7-19)14(17)21)6-18(23)11(13)5-8-2-3-12(20)15(22)16(8)25-18/h2-4,11,19-23H,5-7H2,1H3. The van der Waals surface area contributed by atoms with Gasteiger partial charge in [0.05, 0.1) is 19.6 Å². The van der Waals surface area contributed by atoms with Gasteiger partial charge >= 0.3 is 0 Å². The average Bonchev–Trinajstić information content (AvgIpc) is 2.87. The number of rotatable bonds is 2. The summed E-state index contributed by atoms with van der Waals surface area (Å²) in [7, 11) is 1.41. The number of aromatic hydroxyl groups is 3. The largest absolute Gasteiger partial charge is 0.504 e. The van der Waals surface area contributed by atoms with E-state index in [1.165, 1.54) is 13.2 Å². The first-order valence-electron chi connectivity index (χ1n) is 7.87. The van der Waals surface area contributed by atoms with Gasteiger partial charge in [-0.25, -0.2) is 0 Å². The molecule has 0 saturated heterocycles. The SMILES string of the molecule is COc1c(O)c(CO)cc2c1C1Cc3ccc(O)c(O)c3OC1(O)C2. The predicted molar refractivity (Wildman–Crippen MR) is 86.1 cm³/mol. The minimum Gasteiger partial charge on any atom is -0.504 e. The molecule has 2 aromatic carbocycles. The molecule has 0 amide bonds. The maximum Gasteiger partial charge on any atom is 0.219 e. The molecule has 0 spiro atoms. The highest BCUT2D eigenvalue weighted by molar-refractivity contribution is 5.62. The Balaban J connectivity index is 1.89. The summed E-state index contributed by atoms with van der Waals surface area (Å²) in [5.41, 5.74) is 2.25. The molecule has 1 aliphatic heterocycles. The van der Waals surface area contributed by atoms with Crippen molar-refractivity contribution in [2.24, 2.45) is 0 Å². The minimum absolute atomic E-state index is 0.0529. The molecular weight excluding hydrogens is 328 g/mol. The summed E-state index contributed by atoms with van der Waals surface area (Å²) in [6.45, 7) is -0.367. The summed E-state index contributed by atoms with van der Waals surface area (Å²) in [6.07, 6.45) is 0.437. The molecule has 5 N–H and O–H groups in total. The second kappa shape index (κ2) is 5.18. The van der Waals surface area contributed by atoms with Gasteiger partial charge < -0.3 is 35.0 Å². The first kappa shape index (κ1) is 15.9. The fourth-order valence-electron chi connectivity index (χ4n) is 3.90. The summed E-state index contributed by atoms with van der Waals surface area (Å²) < 4.78 is 11.0. The number of phenols is 3. The van der Waals surface area contributed by atoms with Gasteiger partial charge in [0.1, 0.15) is 0 Å². The molecule has 2 unspecified atom stereocenters. The van der Waals surface area contributed by atoms with Gasteiger partial charge in [0.25, 0.3) is 0 Å². The lowest BCUT2D eigenvalue weighted by Gasteiger charge is -2.37. The summed E-state index contributed by atoms with van der Waals surface area (Å²) >= 11 is 0. The molecule has 7 heteroatoms. The van der Waals surface area contributed by atoms with Crippen LogP contribution in [0.4, 0.5) is 0 Å². The van der Waals surface area contributed by atoms with E-state index in [4.69, 9.17) is 9.47 Å². The first-order valence-corrected chi connectivity index (χ1v) is 7.87. The lowest BCUT2D eigenvalue weighted by atomic mass is 9.86. The van der Waals surface area contributed by atoms with E-state index in [2.05, 4.69) is 0 Å². The van der Waals surface area contributed by atoms with E-state index in [1.807, 2.05) is 0 Å². The predicted octanol–water partition coefficient (Wildman–Crippen LogP) is 1.27. The fourth-order valence-corrected chi connectivity index (χ4v) is 3.90. The third kappa shape index (κ3) is 2.06. The van der Waals surface area contributed by atoms with Crippen molar-refractivity contribution in [3.8, 4) is 28.7 Å². The van der Waals surface area contributed by atoms with Crippen molar-refractivity contribution < 1.29 is 35.0 Å². The van der Waals surface area contributed by atoms with Crippen molar-refractivity contribution in [1.82, 2.24) is 0 Å². The van der Waals surface area contributed by atoms with E-state index in [9.17, 15) is 25.5 Å². The number of phenolic OH excluding ortho intramolecular Hbond substituents is 2. The minimum atomic E-state index is -1.64. The molecule has 1 heterocycles. The highest BCUT2D eigenvalue weighted by Gasteiger charge is 2.52. The van der Waals surface area contributed by atoms with Crippen molar-refractivity contribution in [3.05, 3.63) is 40.5 Å². The highest BCUT2D eigenvalue weighted by atomic mass is 16.6. The van der Waals surface area contributed by atoms with Gasteiger partial charge in [0.2, 0.25) is 11.5 Å². The Kier molecular flexibility index (Phi) is 3.28. The molecule has 0 fully saturated rings. The molecule has 0 radical (unpaired) electrons. The lowest BCUT2D eigenvalue weighted by Crippen LogP contribution is -2.44. The molecular formula is C18H18O7. The van der Waals surface area contributed by atoms with E-state index in [1.54, 1.807) is 12.1 Å². The maximum atomic E-state index is 11.1. The van der Waals surface area contributed by atoms with Crippen LogP contribution in [-0.2, 0) is 19.4 Å². The monoisotopic (exact) mass is 346 g/mol. The van der Waals surface area contributed by atoms with Crippen molar-refractivity contribution in [1.29, 1.82) is 0 Å². The van der Waals surface area contributed by atoms with Gasteiger partial charge in [-0.3, -0.25) is 0 Å². The molecule has 2 atom stereocenters. The van der Waals surface area contributed by atoms with Crippen LogP contribution in [0.2, 0.25) is 0 Å². The number of benzene rings is 2. The molecule has 1 aliphatic carbocycles. The highest BCUT2D eigenvalue weighted by Crippen LogP contribution is 2.56. The summed E-state index contributed by atoms with van der Waals surface area (Å²) in [5, 5.41) is 50.5. The van der Waals surface area contributed by atoms with Crippen LogP contribution in [0, 0.1) is 0 Å². The molecule has 132 valence electrons. The van der Waals surface area contributed by atoms with Crippen LogP contribution in [0.3, 0.4) is 0 Å². The summed E-state index contributed by atoms with van der Waals surface area (Å²) in [4.78, 5) is 0. The quantitative estimate of drug-likeness (QED) is 0.519. The molecule has 4 rings (SSSR count). The number of hydrogen-bond acceptors (Lipinski definition) is 7. The second-order valence-electron chi connectivity index (χ2n) is 6.45. The van der Waals surface area contributed by atoms with Crippen molar-refractivity contribution >= 4 is 0 Å². The third-order valence-corrected chi connectivity index (χ3v) is 5.06. The topological polar surface area (TPSA) is 120 Å². The molecule has 0 bridgehead atoms. The Morgan fingerprint density at radius 2 is 1.96 bits per heavy atom. The van der Waals surface area contributed by atoms with Gasteiger partial charge in [0, 0.05) is 17.5 Å². The Labute approximate surface area is 143 Å². The Morgan fingerprint density at radius 3 is 2.64 bits per heavy atom. The van der Waals surface area contributed by atoms with Crippen molar-refractivity contribution in [3.63, 3.8) is 0 Å². The van der Waals surface area contributed by atoms with E-state index < -0.39 is 17.5 Å². The first-order chi connectivity index (χ1) is 11.9. The van der Waals surface area contributed by atoms with Gasteiger partial charge in [-0.1, -0.05) is 6.07 Å². The molecule has 7 nitrogen and oxygen atoms in total. The van der Waals surface area contributed by atoms with Crippen LogP contribution in [-0.4, -0.2) is 38.4 Å². The second-order valence-corrected chi connectivity index (χ2v) is 6.45. The van der Waals surface area contributed by atoms with Gasteiger partial charge in [0.15, 0.2) is 23.0 Å². The zero-order valence-corrected chi connectivity index (χ0v) is 13.5. The van der Waals surface area contributed by atoms with Crippen LogP contribution < -0.4 is 9.47 Å². The van der Waals surface area contributed by atoms with Crippen molar-refractivity contribution in [2.75, 3.05) is 7.11 Å². The zero-order chi connectivity index (χ0) is 17.9. The van der Waals surface area contributed by atoms with Crippen LogP contribution in [0.1, 0.15) is 28.2 Å². The number of aliphatic hydroxyl groups is 2. The summed E-state index contributed by atoms with van der Waals surface area (Å²) in [5.74, 6) is -2.80. The number of methoxy groups -OCH3 is 1. The van der Waals surface area contributed by atoms with Crippen molar-refractivity contribution in [2.45, 2.75) is 31.2 Å². The van der Waals surface area contributed by atoms with Gasteiger partial charge in [-0.05, 0) is 29.7 Å². The normalized spacial score (nSPS) is 23.4. The lowest BCUT2D eigenvalue weighted by molar-refractivity contribution is -0.156. The van der Waals surface area contributed by atoms with Gasteiger partial charge in [-0.2, -0.15) is 0 Å². The van der Waals surface area contributed by atoms with Crippen LogP contribution >= 0.6 is 0 Å². The van der Waals surface area contributed by atoms with Crippen LogP contribution in [0.25, 0.3) is 0 Å². The van der Waals surface area contributed by atoms with E-state index in [0.717, 1.165) is 0 Å². The molecule has 2 aliphatic rings. The van der Waals surface area contributed by atoms with E-state index >= 15 is 0 Å². The summed E-state index contributed by atoms with van der Waals surface area (Å²) in [6, 6.07) is 4.60. The number of fused-ring (bicyclic) bond motifs is 4. The molecule has 25 heavy (non-hydrogen) atoms. The Bertz CT molecular complexity index is 876. The average molecular weight is 346 g/mol. The molecule has 2 aromatic rings. The number of ether oxygens (including phenoxy) is 2.